The van der Waals surface area contributed by atoms with E-state index in [1.165, 1.54) is 134 Å². The molecular formula is C24H55FNP. The van der Waals surface area contributed by atoms with Gasteiger partial charge in [-0.05, 0) is 0 Å². The summed E-state index contributed by atoms with van der Waals surface area (Å²) >= 11 is 0. The quantitative estimate of drug-likeness (QED) is 0.149. The van der Waals surface area contributed by atoms with E-state index in [-0.39, 0.29) is 4.70 Å². The standard InChI is InChI=1S/C24H54NP.FH/c1-4-7-10-13-16-19-22-26(25,23-20-17-14-11-8-5-2)24-21-18-15-12-9-6-3;/h26H,4-25H2,1-3H3;1H. The predicted molar refractivity (Wildman–Crippen MR) is 130 cm³/mol. The van der Waals surface area contributed by atoms with Crippen LogP contribution in [0.5, 0.6) is 0 Å². The van der Waals surface area contributed by atoms with Crippen molar-refractivity contribution in [2.75, 3.05) is 18.5 Å². The summed E-state index contributed by atoms with van der Waals surface area (Å²) in [5.74, 6) is 0. The van der Waals surface area contributed by atoms with Crippen LogP contribution >= 0.6 is 7.41 Å². The maximum absolute atomic E-state index is 7.06. The van der Waals surface area contributed by atoms with Crippen LogP contribution in [0.4, 0.5) is 4.70 Å². The molecule has 2 N–H and O–H groups in total. The molecule has 0 saturated heterocycles. The van der Waals surface area contributed by atoms with Gasteiger partial charge < -0.3 is 0 Å². The van der Waals surface area contributed by atoms with E-state index in [9.17, 15) is 0 Å². The summed E-state index contributed by atoms with van der Waals surface area (Å²) in [5.41, 5.74) is 7.06. The molecule has 0 fully saturated rings. The van der Waals surface area contributed by atoms with Crippen molar-refractivity contribution in [1.82, 2.24) is 0 Å². The molecule has 168 valence electrons. The predicted octanol–water partition coefficient (Wildman–Crippen LogP) is 8.84. The van der Waals surface area contributed by atoms with Gasteiger partial charge in [-0.2, -0.15) is 0 Å². The fourth-order valence-electron chi connectivity index (χ4n) is 4.15. The van der Waals surface area contributed by atoms with Crippen molar-refractivity contribution in [3.8, 4) is 0 Å². The van der Waals surface area contributed by atoms with Crippen LogP contribution in [-0.2, 0) is 0 Å². The molecule has 0 aliphatic carbocycles. The first-order valence-electron chi connectivity index (χ1n) is 12.5. The summed E-state index contributed by atoms with van der Waals surface area (Å²) in [5, 5.41) is 0. The van der Waals surface area contributed by atoms with E-state index in [1.54, 1.807) is 0 Å². The van der Waals surface area contributed by atoms with E-state index in [4.69, 9.17) is 5.50 Å². The van der Waals surface area contributed by atoms with Crippen molar-refractivity contribution >= 4 is 7.41 Å². The van der Waals surface area contributed by atoms with Gasteiger partial charge in [-0.3, -0.25) is 4.70 Å². The van der Waals surface area contributed by atoms with E-state index < -0.39 is 7.41 Å². The van der Waals surface area contributed by atoms with Gasteiger partial charge in [-0.15, -0.1) is 0 Å². The van der Waals surface area contributed by atoms with E-state index in [0.717, 1.165) is 0 Å². The first-order chi connectivity index (χ1) is 12.7. The maximum atomic E-state index is 7.06. The Morgan fingerprint density at radius 3 is 0.889 bits per heavy atom. The maximum Gasteiger partial charge on any atom is -0.269 e. The fourth-order valence-corrected chi connectivity index (χ4v) is 7.76. The summed E-state index contributed by atoms with van der Waals surface area (Å²) in [4.78, 5) is 0. The molecule has 0 amide bonds. The zero-order valence-corrected chi connectivity index (χ0v) is 20.3. The van der Waals surface area contributed by atoms with Gasteiger partial charge in [0.15, 0.2) is 0 Å². The van der Waals surface area contributed by atoms with Crippen molar-refractivity contribution in [2.24, 2.45) is 5.50 Å². The third-order valence-corrected chi connectivity index (χ3v) is 10.1. The van der Waals surface area contributed by atoms with Gasteiger partial charge in [-0.25, -0.2) is 0 Å². The minimum Gasteiger partial charge on any atom is -0.269 e. The Morgan fingerprint density at radius 1 is 0.407 bits per heavy atom. The van der Waals surface area contributed by atoms with Crippen molar-refractivity contribution in [1.29, 1.82) is 0 Å². The first-order valence-corrected chi connectivity index (χ1v) is 15.2. The van der Waals surface area contributed by atoms with Crippen LogP contribution < -0.4 is 5.50 Å². The number of rotatable bonds is 21. The van der Waals surface area contributed by atoms with Crippen LogP contribution in [-0.4, -0.2) is 18.5 Å². The average Bonchev–Trinajstić information content (AvgIpc) is 2.64. The smallest absolute Gasteiger partial charge is 0.269 e. The van der Waals surface area contributed by atoms with Crippen LogP contribution in [0.2, 0.25) is 0 Å². The third kappa shape index (κ3) is 20.9. The molecule has 3 heteroatoms. The summed E-state index contributed by atoms with van der Waals surface area (Å²) < 4.78 is 0. The molecule has 0 heterocycles. The molecule has 0 bridgehead atoms. The number of unbranched alkanes of at least 4 members (excludes halogenated alkanes) is 15. The summed E-state index contributed by atoms with van der Waals surface area (Å²) in [6.07, 6.45) is 29.7. The zero-order valence-electron chi connectivity index (χ0n) is 19.3. The summed E-state index contributed by atoms with van der Waals surface area (Å²) in [6.45, 7) is 6.91. The third-order valence-electron chi connectivity index (χ3n) is 6.08. The van der Waals surface area contributed by atoms with Crippen molar-refractivity contribution in [3.05, 3.63) is 0 Å². The molecule has 0 radical (unpaired) electrons. The van der Waals surface area contributed by atoms with Crippen LogP contribution in [0.1, 0.15) is 136 Å². The average molecular weight is 408 g/mol. The number of nitrogens with two attached hydrogens (primary N) is 1. The molecule has 0 saturated carbocycles. The second-order valence-corrected chi connectivity index (χ2v) is 13.1. The number of hydrogen-bond acceptors (Lipinski definition) is 1. The Labute approximate surface area is 172 Å². The molecule has 1 nitrogen and oxygen atoms in total. The van der Waals surface area contributed by atoms with Crippen molar-refractivity contribution in [3.63, 3.8) is 0 Å². The molecule has 0 aromatic carbocycles. The minimum absolute atomic E-state index is 0. The molecule has 0 atom stereocenters. The van der Waals surface area contributed by atoms with E-state index in [0.29, 0.717) is 0 Å². The summed E-state index contributed by atoms with van der Waals surface area (Å²) in [7, 11) is -1.45. The van der Waals surface area contributed by atoms with Crippen molar-refractivity contribution < 1.29 is 4.70 Å². The van der Waals surface area contributed by atoms with Crippen LogP contribution in [0.25, 0.3) is 0 Å². The number of halogens is 1. The van der Waals surface area contributed by atoms with Gasteiger partial charge in [0.1, 0.15) is 0 Å². The van der Waals surface area contributed by atoms with Gasteiger partial charge in [0.25, 0.3) is 0 Å². The Balaban J connectivity index is 0. The van der Waals surface area contributed by atoms with Crippen molar-refractivity contribution in [2.45, 2.75) is 136 Å². The first kappa shape index (κ1) is 29.5. The molecule has 0 spiro atoms. The van der Waals surface area contributed by atoms with Crippen LogP contribution in [0.3, 0.4) is 0 Å². The summed E-state index contributed by atoms with van der Waals surface area (Å²) in [6, 6.07) is 0. The molecule has 27 heavy (non-hydrogen) atoms. The Bertz CT molecular complexity index is 232. The zero-order chi connectivity index (χ0) is 19.3. The largest absolute Gasteiger partial charge is 0.269 e. The van der Waals surface area contributed by atoms with Gasteiger partial charge >= 0.3 is 168 Å². The van der Waals surface area contributed by atoms with E-state index in [1.807, 2.05) is 0 Å². The molecule has 0 rings (SSSR count). The molecule has 0 aliphatic rings. The molecule has 0 aromatic heterocycles. The molecular weight excluding hydrogens is 352 g/mol. The van der Waals surface area contributed by atoms with Crippen LogP contribution in [0.15, 0.2) is 0 Å². The number of hydrogen-bond donors (Lipinski definition) is 1. The van der Waals surface area contributed by atoms with E-state index >= 15 is 0 Å². The molecule has 0 unspecified atom stereocenters. The van der Waals surface area contributed by atoms with Gasteiger partial charge in [0, 0.05) is 0 Å². The minimum atomic E-state index is -1.45. The Morgan fingerprint density at radius 2 is 0.630 bits per heavy atom. The van der Waals surface area contributed by atoms with Crippen LogP contribution in [0, 0.1) is 0 Å². The van der Waals surface area contributed by atoms with Gasteiger partial charge in [0.2, 0.25) is 0 Å². The normalized spacial score (nSPS) is 12.1. The fraction of sp³-hybridized carbons (Fsp3) is 1.00. The molecule has 0 aliphatic heterocycles. The van der Waals surface area contributed by atoms with Gasteiger partial charge in [-0.1, -0.05) is 0 Å². The molecule has 0 aromatic rings. The SMILES string of the molecule is CCCCCCCC[PH](N)(CCCCCCCC)CCCCCCCC.F. The Hall–Kier alpha value is 0.320. The second kappa shape index (κ2) is 22.6. The topological polar surface area (TPSA) is 26.0 Å². The van der Waals surface area contributed by atoms with E-state index in [2.05, 4.69) is 20.8 Å². The Kier molecular flexibility index (Phi) is 24.7. The van der Waals surface area contributed by atoms with Gasteiger partial charge in [0.05, 0.1) is 0 Å². The monoisotopic (exact) mass is 407 g/mol. The second-order valence-electron chi connectivity index (χ2n) is 8.92.